The summed E-state index contributed by atoms with van der Waals surface area (Å²) in [6.07, 6.45) is 0. The van der Waals surface area contributed by atoms with Crippen LogP contribution in [0.2, 0.25) is 5.02 Å². The highest BCUT2D eigenvalue weighted by Crippen LogP contribution is 2.27. The second-order valence-electron chi connectivity index (χ2n) is 5.89. The summed E-state index contributed by atoms with van der Waals surface area (Å²) in [6.45, 7) is 4.81. The summed E-state index contributed by atoms with van der Waals surface area (Å²) in [4.78, 5) is 12.3. The third-order valence-electron chi connectivity index (χ3n) is 3.85. The molecule has 0 saturated carbocycles. The van der Waals surface area contributed by atoms with Gasteiger partial charge in [0.1, 0.15) is 0 Å². The summed E-state index contributed by atoms with van der Waals surface area (Å²) in [6, 6.07) is 13.4. The molecule has 3 aromatic rings. The number of nitrogens with one attached hydrogen (secondary N) is 1. The van der Waals surface area contributed by atoms with E-state index in [9.17, 15) is 4.79 Å². The normalized spacial score (nSPS) is 10.8. The molecule has 1 N–H and O–H groups in total. The predicted octanol–water partition coefficient (Wildman–Crippen LogP) is 5.42. The lowest BCUT2D eigenvalue weighted by atomic mass is 10.1. The van der Waals surface area contributed by atoms with Gasteiger partial charge in [-0.3, -0.25) is 4.79 Å². The SMILES string of the molecule is CCn1c(SCC(=O)Nc2ccc(Br)c(Cl)c2)nnc1-c1cccc(C)c1. The summed E-state index contributed by atoms with van der Waals surface area (Å²) in [5, 5.41) is 12.7. The minimum atomic E-state index is -0.124. The molecule has 140 valence electrons. The van der Waals surface area contributed by atoms with Crippen LogP contribution < -0.4 is 5.32 Å². The molecule has 0 radical (unpaired) electrons. The first-order valence-electron chi connectivity index (χ1n) is 8.36. The first-order valence-corrected chi connectivity index (χ1v) is 10.5. The van der Waals surface area contributed by atoms with E-state index in [1.807, 2.05) is 36.6 Å². The van der Waals surface area contributed by atoms with Gasteiger partial charge in [-0.1, -0.05) is 47.1 Å². The number of amides is 1. The molecule has 2 aromatic carbocycles. The first-order chi connectivity index (χ1) is 13.0. The Labute approximate surface area is 175 Å². The highest BCUT2D eigenvalue weighted by Gasteiger charge is 2.15. The van der Waals surface area contributed by atoms with Crippen LogP contribution in [0.4, 0.5) is 5.69 Å². The van der Waals surface area contributed by atoms with E-state index >= 15 is 0 Å². The fourth-order valence-electron chi connectivity index (χ4n) is 2.58. The lowest BCUT2D eigenvalue weighted by molar-refractivity contribution is -0.113. The van der Waals surface area contributed by atoms with Crippen molar-refractivity contribution in [3.63, 3.8) is 0 Å². The van der Waals surface area contributed by atoms with E-state index in [0.29, 0.717) is 10.7 Å². The summed E-state index contributed by atoms with van der Waals surface area (Å²) in [7, 11) is 0. The number of halogens is 2. The molecule has 0 bridgehead atoms. The van der Waals surface area contributed by atoms with Gasteiger partial charge >= 0.3 is 0 Å². The number of aryl methyl sites for hydroxylation is 1. The number of hydrogen-bond acceptors (Lipinski definition) is 4. The average molecular weight is 466 g/mol. The minimum absolute atomic E-state index is 0.124. The molecule has 1 amide bonds. The van der Waals surface area contributed by atoms with Crippen LogP contribution >= 0.6 is 39.3 Å². The monoisotopic (exact) mass is 464 g/mol. The highest BCUT2D eigenvalue weighted by molar-refractivity contribution is 9.10. The summed E-state index contributed by atoms with van der Waals surface area (Å²) < 4.78 is 2.81. The molecule has 0 unspecified atom stereocenters. The van der Waals surface area contributed by atoms with Gasteiger partial charge < -0.3 is 9.88 Å². The molecule has 0 fully saturated rings. The number of thioether (sulfide) groups is 1. The number of aromatic nitrogens is 3. The van der Waals surface area contributed by atoms with Crippen molar-refractivity contribution in [1.29, 1.82) is 0 Å². The zero-order valence-electron chi connectivity index (χ0n) is 14.9. The lowest BCUT2D eigenvalue weighted by Gasteiger charge is -2.08. The van der Waals surface area contributed by atoms with Crippen LogP contribution in [0.3, 0.4) is 0 Å². The van der Waals surface area contributed by atoms with E-state index in [2.05, 4.69) is 37.5 Å². The maximum Gasteiger partial charge on any atom is 0.234 e. The van der Waals surface area contributed by atoms with Crippen molar-refractivity contribution in [3.05, 3.63) is 57.5 Å². The number of carbonyl (C=O) groups is 1. The van der Waals surface area contributed by atoms with Crippen molar-refractivity contribution in [2.24, 2.45) is 0 Å². The Hall–Kier alpha value is -1.83. The predicted molar refractivity (Wildman–Crippen MR) is 114 cm³/mol. The van der Waals surface area contributed by atoms with E-state index in [-0.39, 0.29) is 11.7 Å². The van der Waals surface area contributed by atoms with Gasteiger partial charge in [-0.05, 0) is 54.0 Å². The molecule has 27 heavy (non-hydrogen) atoms. The second-order valence-corrected chi connectivity index (χ2v) is 8.09. The zero-order chi connectivity index (χ0) is 19.4. The molecule has 0 aliphatic heterocycles. The largest absolute Gasteiger partial charge is 0.325 e. The Bertz CT molecular complexity index is 976. The van der Waals surface area contributed by atoms with Crippen molar-refractivity contribution in [1.82, 2.24) is 14.8 Å². The molecule has 5 nitrogen and oxygen atoms in total. The van der Waals surface area contributed by atoms with Crippen LogP contribution in [0.5, 0.6) is 0 Å². The Balaban J connectivity index is 1.69. The number of rotatable bonds is 6. The van der Waals surface area contributed by atoms with E-state index in [1.165, 1.54) is 17.3 Å². The average Bonchev–Trinajstić information content (AvgIpc) is 3.06. The third kappa shape index (κ3) is 4.91. The maximum atomic E-state index is 12.3. The minimum Gasteiger partial charge on any atom is -0.325 e. The van der Waals surface area contributed by atoms with Crippen LogP contribution in [0.25, 0.3) is 11.4 Å². The quantitative estimate of drug-likeness (QED) is 0.494. The Morgan fingerprint density at radius 2 is 2.07 bits per heavy atom. The Kier molecular flexibility index (Phi) is 6.57. The Morgan fingerprint density at radius 3 is 2.78 bits per heavy atom. The standard InChI is InChI=1S/C19H18BrClN4OS/c1-3-25-18(13-6-4-5-12(2)9-13)23-24-19(25)27-11-17(26)22-14-7-8-15(20)16(21)10-14/h4-10H,3,11H2,1-2H3,(H,22,26). The van der Waals surface area contributed by atoms with Crippen LogP contribution in [0.1, 0.15) is 12.5 Å². The van der Waals surface area contributed by atoms with Gasteiger partial charge in [0.15, 0.2) is 11.0 Å². The van der Waals surface area contributed by atoms with Crippen molar-refractivity contribution in [2.75, 3.05) is 11.1 Å². The summed E-state index contributed by atoms with van der Waals surface area (Å²) in [5.74, 6) is 0.921. The van der Waals surface area contributed by atoms with Crippen molar-refractivity contribution < 1.29 is 4.79 Å². The van der Waals surface area contributed by atoms with Gasteiger partial charge in [0.05, 0.1) is 10.8 Å². The summed E-state index contributed by atoms with van der Waals surface area (Å²) in [5.41, 5.74) is 2.84. The molecule has 0 saturated heterocycles. The first kappa shape index (κ1) is 19.9. The lowest BCUT2D eigenvalue weighted by Crippen LogP contribution is -2.14. The second kappa shape index (κ2) is 8.91. The third-order valence-corrected chi connectivity index (χ3v) is 6.04. The van der Waals surface area contributed by atoms with Gasteiger partial charge in [0.25, 0.3) is 0 Å². The molecular formula is C19H18BrClN4OS. The molecule has 8 heteroatoms. The highest BCUT2D eigenvalue weighted by atomic mass is 79.9. The number of benzene rings is 2. The number of anilines is 1. The van der Waals surface area contributed by atoms with Crippen molar-refractivity contribution in [3.8, 4) is 11.4 Å². The fourth-order valence-corrected chi connectivity index (χ4v) is 3.81. The van der Waals surface area contributed by atoms with E-state index in [0.717, 1.165) is 27.6 Å². The smallest absolute Gasteiger partial charge is 0.234 e. The zero-order valence-corrected chi connectivity index (χ0v) is 18.0. The molecule has 0 atom stereocenters. The maximum absolute atomic E-state index is 12.3. The topological polar surface area (TPSA) is 59.8 Å². The summed E-state index contributed by atoms with van der Waals surface area (Å²) >= 11 is 10.7. The van der Waals surface area contributed by atoms with Crippen LogP contribution in [0, 0.1) is 6.92 Å². The number of hydrogen-bond donors (Lipinski definition) is 1. The molecule has 3 rings (SSSR count). The molecular weight excluding hydrogens is 448 g/mol. The van der Waals surface area contributed by atoms with Crippen LogP contribution in [-0.2, 0) is 11.3 Å². The molecule has 1 aromatic heterocycles. The van der Waals surface area contributed by atoms with Crippen LogP contribution in [0.15, 0.2) is 52.1 Å². The molecule has 0 aliphatic carbocycles. The van der Waals surface area contributed by atoms with Gasteiger partial charge in [0, 0.05) is 22.3 Å². The van der Waals surface area contributed by atoms with E-state index in [4.69, 9.17) is 11.6 Å². The number of nitrogens with zero attached hydrogens (tertiary/aromatic N) is 3. The van der Waals surface area contributed by atoms with E-state index < -0.39 is 0 Å². The number of carbonyl (C=O) groups excluding carboxylic acids is 1. The van der Waals surface area contributed by atoms with E-state index in [1.54, 1.807) is 18.2 Å². The van der Waals surface area contributed by atoms with Crippen molar-refractivity contribution in [2.45, 2.75) is 25.5 Å². The van der Waals surface area contributed by atoms with Gasteiger partial charge in [-0.15, -0.1) is 10.2 Å². The van der Waals surface area contributed by atoms with Gasteiger partial charge in [-0.25, -0.2) is 0 Å². The molecule has 1 heterocycles. The molecule has 0 spiro atoms. The molecule has 0 aliphatic rings. The fraction of sp³-hybridized carbons (Fsp3) is 0.211. The van der Waals surface area contributed by atoms with Crippen molar-refractivity contribution >= 4 is 50.9 Å². The van der Waals surface area contributed by atoms with Gasteiger partial charge in [-0.2, -0.15) is 0 Å². The Morgan fingerprint density at radius 1 is 1.26 bits per heavy atom. The van der Waals surface area contributed by atoms with Crippen LogP contribution in [-0.4, -0.2) is 26.4 Å². The van der Waals surface area contributed by atoms with Gasteiger partial charge in [0.2, 0.25) is 5.91 Å².